The van der Waals surface area contributed by atoms with Crippen molar-refractivity contribution in [3.63, 3.8) is 0 Å². The molecule has 2 heterocycles. The predicted octanol–water partition coefficient (Wildman–Crippen LogP) is 1.56. The average molecular weight is 374 g/mol. The summed E-state index contributed by atoms with van der Waals surface area (Å²) in [6, 6.07) is 3.20. The van der Waals surface area contributed by atoms with Gasteiger partial charge in [0.1, 0.15) is 12.1 Å². The Balaban J connectivity index is 1.71. The van der Waals surface area contributed by atoms with Gasteiger partial charge in [-0.15, -0.1) is 0 Å². The van der Waals surface area contributed by atoms with Gasteiger partial charge in [-0.1, -0.05) is 12.2 Å². The molecule has 2 aliphatic rings. The summed E-state index contributed by atoms with van der Waals surface area (Å²) in [5.74, 6) is -0.758. The monoisotopic (exact) mass is 374 g/mol. The first-order valence-electron chi connectivity index (χ1n) is 8.86. The topological polar surface area (TPSA) is 105 Å². The minimum absolute atomic E-state index is 0.116. The molecule has 0 aromatic heterocycles. The van der Waals surface area contributed by atoms with Crippen molar-refractivity contribution >= 4 is 17.8 Å². The van der Waals surface area contributed by atoms with E-state index in [1.165, 1.54) is 4.90 Å². The molecule has 3 rings (SSSR count). The van der Waals surface area contributed by atoms with Crippen LogP contribution in [0.5, 0.6) is 11.5 Å². The van der Waals surface area contributed by atoms with Crippen LogP contribution in [0, 0.1) is 0 Å². The van der Waals surface area contributed by atoms with Crippen molar-refractivity contribution in [2.75, 3.05) is 13.3 Å². The van der Waals surface area contributed by atoms with Gasteiger partial charge >= 0.3 is 5.97 Å². The van der Waals surface area contributed by atoms with E-state index in [2.05, 4.69) is 5.32 Å². The van der Waals surface area contributed by atoms with Gasteiger partial charge in [-0.05, 0) is 44.4 Å². The Bertz CT molecular complexity index is 775. The molecule has 2 aliphatic heterocycles. The smallest absolute Gasteiger partial charge is 0.326 e. The highest BCUT2D eigenvalue weighted by Gasteiger charge is 2.36. The first kappa shape index (κ1) is 18.8. The van der Waals surface area contributed by atoms with Crippen molar-refractivity contribution in [3.8, 4) is 11.5 Å². The minimum Gasteiger partial charge on any atom is -0.480 e. The molecule has 1 aromatic rings. The third-order valence-electron chi connectivity index (χ3n) is 4.66. The second kappa shape index (κ2) is 8.11. The highest BCUT2D eigenvalue weighted by Crippen LogP contribution is 2.33. The van der Waals surface area contributed by atoms with Crippen LogP contribution in [-0.2, 0) is 9.59 Å². The number of carbonyl (C=O) groups excluding carboxylic acids is 2. The largest absolute Gasteiger partial charge is 0.480 e. The normalized spacial score (nSPS) is 19.3. The van der Waals surface area contributed by atoms with Crippen molar-refractivity contribution in [1.82, 2.24) is 10.2 Å². The molecule has 0 bridgehead atoms. The molecule has 27 heavy (non-hydrogen) atoms. The van der Waals surface area contributed by atoms with Crippen LogP contribution in [0.15, 0.2) is 30.4 Å². The molecule has 0 aliphatic carbocycles. The summed E-state index contributed by atoms with van der Waals surface area (Å²) in [6.45, 7) is 2.34. The Morgan fingerprint density at radius 3 is 2.85 bits per heavy atom. The molecule has 8 heteroatoms. The van der Waals surface area contributed by atoms with Crippen molar-refractivity contribution in [1.29, 1.82) is 0 Å². The van der Waals surface area contributed by atoms with E-state index in [0.717, 1.165) is 0 Å². The lowest BCUT2D eigenvalue weighted by atomic mass is 10.1. The fraction of sp³-hybridized carbons (Fsp3) is 0.421. The quantitative estimate of drug-likeness (QED) is 0.732. The van der Waals surface area contributed by atoms with Crippen molar-refractivity contribution in [2.24, 2.45) is 0 Å². The van der Waals surface area contributed by atoms with Gasteiger partial charge in [0, 0.05) is 12.1 Å². The first-order valence-corrected chi connectivity index (χ1v) is 8.86. The second-order valence-electron chi connectivity index (χ2n) is 6.43. The Hall–Kier alpha value is -3.03. The number of ether oxygens (including phenoxy) is 2. The van der Waals surface area contributed by atoms with Crippen molar-refractivity contribution in [3.05, 3.63) is 35.9 Å². The SMILES string of the molecule is C/C=C/CC(NC(=O)C1CCCN1C(=O)c1ccc2c(c1)OCO2)C(=O)O. The Labute approximate surface area is 156 Å². The number of amides is 2. The van der Waals surface area contributed by atoms with Gasteiger partial charge in [0.25, 0.3) is 5.91 Å². The van der Waals surface area contributed by atoms with Gasteiger partial charge in [0.15, 0.2) is 11.5 Å². The molecule has 1 fully saturated rings. The van der Waals surface area contributed by atoms with Gasteiger partial charge < -0.3 is 24.8 Å². The number of hydrogen-bond donors (Lipinski definition) is 2. The molecule has 2 amide bonds. The maximum atomic E-state index is 12.9. The van der Waals surface area contributed by atoms with E-state index in [9.17, 15) is 19.5 Å². The number of allylic oxidation sites excluding steroid dienone is 1. The van der Waals surface area contributed by atoms with Gasteiger partial charge in [0.2, 0.25) is 12.7 Å². The van der Waals surface area contributed by atoms with Crippen LogP contribution in [0.4, 0.5) is 0 Å². The number of nitrogens with zero attached hydrogens (tertiary/aromatic N) is 1. The molecule has 2 N–H and O–H groups in total. The molecule has 1 saturated heterocycles. The zero-order valence-corrected chi connectivity index (χ0v) is 15.0. The number of nitrogens with one attached hydrogen (secondary N) is 1. The molecule has 0 spiro atoms. The summed E-state index contributed by atoms with van der Waals surface area (Å²) in [6.07, 6.45) is 4.79. The van der Waals surface area contributed by atoms with Gasteiger partial charge in [-0.3, -0.25) is 9.59 Å². The highest BCUT2D eigenvalue weighted by molar-refractivity contribution is 5.99. The highest BCUT2D eigenvalue weighted by atomic mass is 16.7. The number of aliphatic carboxylic acids is 1. The molecule has 0 saturated carbocycles. The summed E-state index contributed by atoms with van der Waals surface area (Å²) in [7, 11) is 0. The number of fused-ring (bicyclic) bond motifs is 1. The van der Waals surface area contributed by atoms with E-state index in [1.807, 2.05) is 0 Å². The van der Waals surface area contributed by atoms with Gasteiger partial charge in [-0.25, -0.2) is 4.79 Å². The zero-order valence-electron chi connectivity index (χ0n) is 15.0. The number of likely N-dealkylation sites (tertiary alicyclic amines) is 1. The number of benzene rings is 1. The maximum absolute atomic E-state index is 12.9. The molecule has 0 radical (unpaired) electrons. The number of hydrogen-bond acceptors (Lipinski definition) is 5. The summed E-state index contributed by atoms with van der Waals surface area (Å²) >= 11 is 0. The Morgan fingerprint density at radius 1 is 1.33 bits per heavy atom. The summed E-state index contributed by atoms with van der Waals surface area (Å²) < 4.78 is 10.5. The van der Waals surface area contributed by atoms with E-state index in [-0.39, 0.29) is 19.1 Å². The Kier molecular flexibility index (Phi) is 5.63. The first-order chi connectivity index (χ1) is 13.0. The molecule has 1 aromatic carbocycles. The number of rotatable bonds is 6. The van der Waals surface area contributed by atoms with E-state index in [1.54, 1.807) is 37.3 Å². The van der Waals surface area contributed by atoms with Crippen LogP contribution in [0.1, 0.15) is 36.5 Å². The number of carbonyl (C=O) groups is 3. The van der Waals surface area contributed by atoms with E-state index in [4.69, 9.17) is 9.47 Å². The molecule has 2 unspecified atom stereocenters. The molecular weight excluding hydrogens is 352 g/mol. The van der Waals surface area contributed by atoms with Crippen LogP contribution in [-0.4, -0.2) is 53.2 Å². The second-order valence-corrected chi connectivity index (χ2v) is 6.43. The molecule has 2 atom stereocenters. The molecule has 8 nitrogen and oxygen atoms in total. The standard InChI is InChI=1S/C19H22N2O6/c1-2-3-5-13(19(24)25)20-17(22)14-6-4-9-21(14)18(23)12-7-8-15-16(10-12)27-11-26-15/h2-3,7-8,10,13-14H,4-6,9,11H2,1H3,(H,20,22)(H,24,25)/b3-2+. The van der Waals surface area contributed by atoms with E-state index in [0.29, 0.717) is 36.4 Å². The van der Waals surface area contributed by atoms with Crippen molar-refractivity contribution in [2.45, 2.75) is 38.3 Å². The van der Waals surface area contributed by atoms with Crippen LogP contribution in [0.3, 0.4) is 0 Å². The van der Waals surface area contributed by atoms with Gasteiger partial charge in [-0.2, -0.15) is 0 Å². The maximum Gasteiger partial charge on any atom is 0.326 e. The third-order valence-corrected chi connectivity index (χ3v) is 4.66. The third kappa shape index (κ3) is 4.05. The van der Waals surface area contributed by atoms with Crippen LogP contribution in [0.25, 0.3) is 0 Å². The van der Waals surface area contributed by atoms with E-state index >= 15 is 0 Å². The Morgan fingerprint density at radius 2 is 2.11 bits per heavy atom. The number of carboxylic acids is 1. The molecule has 144 valence electrons. The average Bonchev–Trinajstić information content (AvgIpc) is 3.32. The molecular formula is C19H22N2O6. The fourth-order valence-corrected chi connectivity index (χ4v) is 3.24. The number of carboxylic acid groups (broad SMARTS) is 1. The van der Waals surface area contributed by atoms with Crippen molar-refractivity contribution < 1.29 is 29.0 Å². The van der Waals surface area contributed by atoms with Crippen LogP contribution < -0.4 is 14.8 Å². The lowest BCUT2D eigenvalue weighted by Gasteiger charge is -2.25. The van der Waals surface area contributed by atoms with Gasteiger partial charge in [0.05, 0.1) is 0 Å². The zero-order chi connectivity index (χ0) is 19.4. The minimum atomic E-state index is -1.10. The van der Waals surface area contributed by atoms with Crippen LogP contribution >= 0.6 is 0 Å². The lowest BCUT2D eigenvalue weighted by molar-refractivity contribution is -0.142. The lowest BCUT2D eigenvalue weighted by Crippen LogP contribution is -2.50. The predicted molar refractivity (Wildman–Crippen MR) is 95.6 cm³/mol. The van der Waals surface area contributed by atoms with E-state index < -0.39 is 24.0 Å². The summed E-state index contributed by atoms with van der Waals surface area (Å²) in [5.41, 5.74) is 0.405. The summed E-state index contributed by atoms with van der Waals surface area (Å²) in [4.78, 5) is 38.3. The fourth-order valence-electron chi connectivity index (χ4n) is 3.24. The summed E-state index contributed by atoms with van der Waals surface area (Å²) in [5, 5.41) is 11.8. The van der Waals surface area contributed by atoms with Crippen LogP contribution in [0.2, 0.25) is 0 Å².